The van der Waals surface area contributed by atoms with Gasteiger partial charge >= 0.3 is 0 Å². The second-order valence-corrected chi connectivity index (χ2v) is 4.16. The van der Waals surface area contributed by atoms with Crippen molar-refractivity contribution in [2.75, 3.05) is 6.61 Å². The quantitative estimate of drug-likeness (QED) is 0.851. The van der Waals surface area contributed by atoms with Crippen LogP contribution in [0, 0.1) is 0 Å². The fourth-order valence-electron chi connectivity index (χ4n) is 2.07. The molecule has 1 aromatic heterocycles. The van der Waals surface area contributed by atoms with E-state index in [-0.39, 0.29) is 11.8 Å². The summed E-state index contributed by atoms with van der Waals surface area (Å²) in [6.45, 7) is 0.813. The number of para-hydroxylation sites is 1. The lowest BCUT2D eigenvalue weighted by Gasteiger charge is -2.08. The number of nitrogens with one attached hydrogen (secondary N) is 2. The maximum Gasteiger partial charge on any atom is 0.231 e. The molecule has 0 fully saturated rings. The Morgan fingerprint density at radius 2 is 2.39 bits per heavy atom. The summed E-state index contributed by atoms with van der Waals surface area (Å²) in [4.78, 5) is 19.1. The molecule has 0 aliphatic carbocycles. The minimum absolute atomic E-state index is 0.0312. The molecular weight excluding hydrogens is 230 g/mol. The van der Waals surface area contributed by atoms with Gasteiger partial charge in [0.15, 0.2) is 0 Å². The molecule has 92 valence electrons. The molecule has 5 heteroatoms. The molecule has 2 N–H and O–H groups in total. The third-order valence-electron chi connectivity index (χ3n) is 3.00. The van der Waals surface area contributed by atoms with Gasteiger partial charge in [-0.2, -0.15) is 0 Å². The summed E-state index contributed by atoms with van der Waals surface area (Å²) in [5.41, 5.74) is 0.953. The van der Waals surface area contributed by atoms with Crippen LogP contribution in [0.4, 0.5) is 0 Å². The van der Waals surface area contributed by atoms with Crippen molar-refractivity contribution in [3.8, 4) is 5.75 Å². The van der Waals surface area contributed by atoms with Gasteiger partial charge in [0.1, 0.15) is 24.1 Å². The highest BCUT2D eigenvalue weighted by Crippen LogP contribution is 2.33. The average Bonchev–Trinajstić information content (AvgIpc) is 3.05. The number of aromatic nitrogens is 2. The fourth-order valence-corrected chi connectivity index (χ4v) is 2.07. The largest absolute Gasteiger partial charge is 0.492 e. The van der Waals surface area contributed by atoms with Crippen LogP contribution in [0.5, 0.6) is 5.75 Å². The number of hydrogen-bond acceptors (Lipinski definition) is 3. The third kappa shape index (κ3) is 1.95. The van der Waals surface area contributed by atoms with E-state index in [4.69, 9.17) is 4.74 Å². The fraction of sp³-hybridized carbons (Fsp3) is 0.231. The van der Waals surface area contributed by atoms with Crippen molar-refractivity contribution in [2.24, 2.45) is 0 Å². The zero-order chi connectivity index (χ0) is 12.4. The highest BCUT2D eigenvalue weighted by molar-refractivity contribution is 5.85. The molecule has 0 spiro atoms. The molecule has 0 saturated heterocycles. The number of nitrogens with zero attached hydrogens (tertiary/aromatic N) is 1. The molecule has 2 aromatic rings. The summed E-state index contributed by atoms with van der Waals surface area (Å²) in [5, 5.41) is 2.86. The van der Waals surface area contributed by atoms with Gasteiger partial charge in [0, 0.05) is 18.0 Å². The summed E-state index contributed by atoms with van der Waals surface area (Å²) in [7, 11) is 0. The maximum atomic E-state index is 12.1. The van der Waals surface area contributed by atoms with E-state index in [2.05, 4.69) is 15.3 Å². The number of hydrogen-bond donors (Lipinski definition) is 2. The van der Waals surface area contributed by atoms with Crippen LogP contribution >= 0.6 is 0 Å². The SMILES string of the molecule is O=C(NCc1ncc[nH]1)C1COc2ccccc21. The van der Waals surface area contributed by atoms with Gasteiger partial charge in [-0.3, -0.25) is 4.79 Å². The molecular formula is C13H13N3O2. The number of benzene rings is 1. The number of H-pyrrole nitrogens is 1. The van der Waals surface area contributed by atoms with Crippen molar-refractivity contribution >= 4 is 5.91 Å². The molecule has 1 unspecified atom stereocenters. The number of aromatic amines is 1. The normalized spacial score (nSPS) is 17.0. The average molecular weight is 243 g/mol. The van der Waals surface area contributed by atoms with E-state index < -0.39 is 0 Å². The molecule has 1 aliphatic rings. The lowest BCUT2D eigenvalue weighted by molar-refractivity contribution is -0.122. The van der Waals surface area contributed by atoms with Crippen molar-refractivity contribution in [2.45, 2.75) is 12.5 Å². The van der Waals surface area contributed by atoms with Gasteiger partial charge < -0.3 is 15.0 Å². The Morgan fingerprint density at radius 1 is 1.50 bits per heavy atom. The Hall–Kier alpha value is -2.30. The topological polar surface area (TPSA) is 67.0 Å². The highest BCUT2D eigenvalue weighted by atomic mass is 16.5. The number of imidazole rings is 1. The molecule has 1 atom stereocenters. The Kier molecular flexibility index (Phi) is 2.72. The molecule has 2 heterocycles. The first-order valence-electron chi connectivity index (χ1n) is 5.82. The summed E-state index contributed by atoms with van der Waals surface area (Å²) < 4.78 is 5.48. The third-order valence-corrected chi connectivity index (χ3v) is 3.00. The Labute approximate surface area is 104 Å². The van der Waals surface area contributed by atoms with Crippen LogP contribution in [0.25, 0.3) is 0 Å². The molecule has 0 saturated carbocycles. The van der Waals surface area contributed by atoms with Crippen molar-refractivity contribution in [1.82, 2.24) is 15.3 Å². The number of fused-ring (bicyclic) bond motifs is 1. The van der Waals surface area contributed by atoms with Gasteiger partial charge in [0.2, 0.25) is 5.91 Å². The highest BCUT2D eigenvalue weighted by Gasteiger charge is 2.29. The predicted molar refractivity (Wildman–Crippen MR) is 65.1 cm³/mol. The van der Waals surface area contributed by atoms with E-state index in [0.29, 0.717) is 13.2 Å². The van der Waals surface area contributed by atoms with Crippen molar-refractivity contribution < 1.29 is 9.53 Å². The minimum Gasteiger partial charge on any atom is -0.492 e. The van der Waals surface area contributed by atoms with Gasteiger partial charge in [-0.15, -0.1) is 0 Å². The molecule has 5 nitrogen and oxygen atoms in total. The van der Waals surface area contributed by atoms with E-state index in [1.165, 1.54) is 0 Å². The molecule has 1 amide bonds. The van der Waals surface area contributed by atoms with Crippen LogP contribution in [-0.4, -0.2) is 22.5 Å². The Balaban J connectivity index is 1.67. The first-order valence-corrected chi connectivity index (χ1v) is 5.82. The number of carbonyl (C=O) groups excluding carboxylic acids is 1. The summed E-state index contributed by atoms with van der Waals surface area (Å²) in [6, 6.07) is 7.64. The van der Waals surface area contributed by atoms with Gasteiger partial charge in [0.05, 0.1) is 6.54 Å². The van der Waals surface area contributed by atoms with Crippen LogP contribution in [0.1, 0.15) is 17.3 Å². The molecule has 1 aliphatic heterocycles. The second-order valence-electron chi connectivity index (χ2n) is 4.16. The van der Waals surface area contributed by atoms with Gasteiger partial charge in [-0.25, -0.2) is 4.98 Å². The van der Waals surface area contributed by atoms with Crippen LogP contribution in [0.3, 0.4) is 0 Å². The smallest absolute Gasteiger partial charge is 0.231 e. The molecule has 0 radical (unpaired) electrons. The van der Waals surface area contributed by atoms with Crippen LogP contribution in [-0.2, 0) is 11.3 Å². The van der Waals surface area contributed by atoms with E-state index in [1.807, 2.05) is 24.3 Å². The van der Waals surface area contributed by atoms with E-state index in [0.717, 1.165) is 17.1 Å². The molecule has 0 bridgehead atoms. The second kappa shape index (κ2) is 4.52. The van der Waals surface area contributed by atoms with Crippen molar-refractivity contribution in [1.29, 1.82) is 0 Å². The Bertz CT molecular complexity index is 551. The van der Waals surface area contributed by atoms with E-state index >= 15 is 0 Å². The van der Waals surface area contributed by atoms with Gasteiger partial charge in [-0.1, -0.05) is 18.2 Å². The number of carbonyl (C=O) groups is 1. The van der Waals surface area contributed by atoms with Crippen molar-refractivity contribution in [3.05, 3.63) is 48.0 Å². The van der Waals surface area contributed by atoms with Crippen molar-refractivity contribution in [3.63, 3.8) is 0 Å². The Morgan fingerprint density at radius 3 is 3.22 bits per heavy atom. The molecule has 3 rings (SSSR count). The number of amides is 1. The molecule has 18 heavy (non-hydrogen) atoms. The lowest BCUT2D eigenvalue weighted by Crippen LogP contribution is -2.30. The monoisotopic (exact) mass is 243 g/mol. The van der Waals surface area contributed by atoms with E-state index in [1.54, 1.807) is 12.4 Å². The zero-order valence-electron chi connectivity index (χ0n) is 9.72. The molecule has 1 aromatic carbocycles. The van der Waals surface area contributed by atoms with Gasteiger partial charge in [-0.05, 0) is 6.07 Å². The van der Waals surface area contributed by atoms with Crippen LogP contribution < -0.4 is 10.1 Å². The minimum atomic E-state index is -0.226. The van der Waals surface area contributed by atoms with E-state index in [9.17, 15) is 4.79 Å². The standard InChI is InChI=1S/C13H13N3O2/c17-13(16-7-12-14-5-6-15-12)10-8-18-11-4-2-1-3-9(10)11/h1-6,10H,7-8H2,(H,14,15)(H,16,17). The van der Waals surface area contributed by atoms with Crippen LogP contribution in [0.15, 0.2) is 36.7 Å². The summed E-state index contributed by atoms with van der Waals surface area (Å²) in [5.74, 6) is 1.29. The lowest BCUT2D eigenvalue weighted by atomic mass is 10.0. The summed E-state index contributed by atoms with van der Waals surface area (Å²) in [6.07, 6.45) is 3.39. The first-order chi connectivity index (χ1) is 8.84. The summed E-state index contributed by atoms with van der Waals surface area (Å²) >= 11 is 0. The predicted octanol–water partition coefficient (Wildman–Crippen LogP) is 1.20. The number of ether oxygens (including phenoxy) is 1. The maximum absolute atomic E-state index is 12.1. The first kappa shape index (κ1) is 10.8. The zero-order valence-corrected chi connectivity index (χ0v) is 9.72. The van der Waals surface area contributed by atoms with Crippen LogP contribution in [0.2, 0.25) is 0 Å². The van der Waals surface area contributed by atoms with Gasteiger partial charge in [0.25, 0.3) is 0 Å². The number of rotatable bonds is 3.